The molecule has 1 saturated carbocycles. The first-order valence-corrected chi connectivity index (χ1v) is 5.17. The molecule has 3 heteroatoms. The van der Waals surface area contributed by atoms with Crippen LogP contribution in [0.5, 0.6) is 0 Å². The average molecular weight is 232 g/mol. The van der Waals surface area contributed by atoms with Gasteiger partial charge in [0, 0.05) is 11.1 Å². The molecule has 2 N–H and O–H groups in total. The molecule has 1 aromatic carbocycles. The van der Waals surface area contributed by atoms with Gasteiger partial charge in [0.05, 0.1) is 0 Å². The van der Waals surface area contributed by atoms with Gasteiger partial charge in [-0.2, -0.15) is 0 Å². The second kappa shape index (κ2) is 5.01. The van der Waals surface area contributed by atoms with Gasteiger partial charge in [-0.25, -0.2) is 0 Å². The zero-order valence-corrected chi connectivity index (χ0v) is 9.52. The van der Waals surface area contributed by atoms with Gasteiger partial charge in [-0.05, 0) is 30.4 Å². The van der Waals surface area contributed by atoms with E-state index in [1.807, 2.05) is 24.3 Å². The molecule has 1 fully saturated rings. The molecular formula is C11H15Cl2N. The molecule has 1 nitrogen and oxygen atoms in total. The molecule has 0 unspecified atom stereocenters. The van der Waals surface area contributed by atoms with E-state index in [1.165, 1.54) is 19.3 Å². The van der Waals surface area contributed by atoms with E-state index in [1.54, 1.807) is 0 Å². The van der Waals surface area contributed by atoms with E-state index in [4.69, 9.17) is 17.3 Å². The van der Waals surface area contributed by atoms with Crippen LogP contribution in [0, 0.1) is 5.92 Å². The van der Waals surface area contributed by atoms with Crippen molar-refractivity contribution >= 4 is 24.0 Å². The number of hydrogen-bond donors (Lipinski definition) is 1. The molecule has 14 heavy (non-hydrogen) atoms. The Morgan fingerprint density at radius 3 is 2.43 bits per heavy atom. The first-order valence-electron chi connectivity index (χ1n) is 4.79. The Morgan fingerprint density at radius 1 is 1.29 bits per heavy atom. The molecule has 0 saturated heterocycles. The number of hydrogen-bond acceptors (Lipinski definition) is 1. The molecule has 0 spiro atoms. The summed E-state index contributed by atoms with van der Waals surface area (Å²) in [5.74, 6) is 0.653. The summed E-state index contributed by atoms with van der Waals surface area (Å²) in [5, 5.41) is 0.807. The van der Waals surface area contributed by atoms with E-state index < -0.39 is 0 Å². The number of halogens is 2. The summed E-state index contributed by atoms with van der Waals surface area (Å²) in [6.45, 7) is 0. The van der Waals surface area contributed by atoms with Crippen LogP contribution in [0.3, 0.4) is 0 Å². The fraction of sp³-hybridized carbons (Fsp3) is 0.455. The molecule has 2 rings (SSSR count). The summed E-state index contributed by atoms with van der Waals surface area (Å²) in [7, 11) is 0. The highest BCUT2D eigenvalue weighted by Gasteiger charge is 2.26. The molecule has 1 aliphatic carbocycles. The Morgan fingerprint density at radius 2 is 1.93 bits per heavy atom. The smallest absolute Gasteiger partial charge is 0.0453 e. The highest BCUT2D eigenvalue weighted by Crippen LogP contribution is 2.38. The first kappa shape index (κ1) is 11.8. The molecule has 1 aliphatic rings. The van der Waals surface area contributed by atoms with Gasteiger partial charge in [-0.15, -0.1) is 12.4 Å². The third kappa shape index (κ3) is 2.22. The zero-order valence-electron chi connectivity index (χ0n) is 7.95. The Bertz CT molecular complexity index is 297. The number of rotatable bonds is 2. The van der Waals surface area contributed by atoms with Gasteiger partial charge < -0.3 is 5.73 Å². The lowest BCUT2D eigenvalue weighted by Gasteiger charge is -2.31. The molecule has 0 amide bonds. The van der Waals surface area contributed by atoms with Crippen LogP contribution in [0.1, 0.15) is 30.9 Å². The summed E-state index contributed by atoms with van der Waals surface area (Å²) in [6.07, 6.45) is 3.83. The lowest BCUT2D eigenvalue weighted by atomic mass is 9.77. The van der Waals surface area contributed by atoms with E-state index in [-0.39, 0.29) is 18.4 Å². The fourth-order valence-corrected chi connectivity index (χ4v) is 2.06. The normalized spacial score (nSPS) is 18.1. The van der Waals surface area contributed by atoms with Crippen LogP contribution in [0.2, 0.25) is 5.02 Å². The van der Waals surface area contributed by atoms with Crippen LogP contribution < -0.4 is 5.73 Å². The quantitative estimate of drug-likeness (QED) is 0.828. The third-order valence-electron chi connectivity index (χ3n) is 2.92. The summed E-state index contributed by atoms with van der Waals surface area (Å²) in [5.41, 5.74) is 7.22. The minimum atomic E-state index is 0. The molecule has 0 bridgehead atoms. The SMILES string of the molecule is Cl.N[C@@H](c1ccccc1Cl)C1CCC1. The third-order valence-corrected chi connectivity index (χ3v) is 3.27. The van der Waals surface area contributed by atoms with Crippen LogP contribution in [-0.2, 0) is 0 Å². The van der Waals surface area contributed by atoms with Crippen molar-refractivity contribution in [2.24, 2.45) is 11.7 Å². The fourth-order valence-electron chi connectivity index (χ4n) is 1.80. The van der Waals surface area contributed by atoms with Gasteiger partial charge in [0.2, 0.25) is 0 Å². The maximum Gasteiger partial charge on any atom is 0.0453 e. The van der Waals surface area contributed by atoms with Crippen molar-refractivity contribution in [1.82, 2.24) is 0 Å². The number of benzene rings is 1. The van der Waals surface area contributed by atoms with Crippen molar-refractivity contribution in [2.45, 2.75) is 25.3 Å². The Balaban J connectivity index is 0.000000980. The standard InChI is InChI=1S/C11H14ClN.ClH/c12-10-7-2-1-6-9(10)11(13)8-4-3-5-8;/h1-2,6-8,11H,3-5,13H2;1H/t11-;/m1./s1. The number of nitrogens with two attached hydrogens (primary N) is 1. The minimum Gasteiger partial charge on any atom is -0.324 e. The largest absolute Gasteiger partial charge is 0.324 e. The lowest BCUT2D eigenvalue weighted by molar-refractivity contribution is 0.264. The van der Waals surface area contributed by atoms with Crippen LogP contribution in [0.4, 0.5) is 0 Å². The van der Waals surface area contributed by atoms with E-state index in [0.29, 0.717) is 5.92 Å². The molecule has 0 heterocycles. The summed E-state index contributed by atoms with van der Waals surface area (Å²) in [6, 6.07) is 8.03. The predicted molar refractivity (Wildman–Crippen MR) is 63.0 cm³/mol. The van der Waals surface area contributed by atoms with Crippen LogP contribution in [0.25, 0.3) is 0 Å². The second-order valence-corrected chi connectivity index (χ2v) is 4.15. The monoisotopic (exact) mass is 231 g/mol. The topological polar surface area (TPSA) is 26.0 Å². The Hall–Kier alpha value is -0.240. The van der Waals surface area contributed by atoms with Crippen molar-refractivity contribution in [1.29, 1.82) is 0 Å². The van der Waals surface area contributed by atoms with Crippen LogP contribution in [-0.4, -0.2) is 0 Å². The molecule has 0 aliphatic heterocycles. The van der Waals surface area contributed by atoms with E-state index in [9.17, 15) is 0 Å². The molecule has 0 radical (unpaired) electrons. The van der Waals surface area contributed by atoms with Gasteiger partial charge in [-0.3, -0.25) is 0 Å². The van der Waals surface area contributed by atoms with Gasteiger partial charge in [0.15, 0.2) is 0 Å². The molecule has 1 aromatic rings. The Labute approximate surface area is 96.0 Å². The zero-order chi connectivity index (χ0) is 9.26. The maximum atomic E-state index is 6.12. The molecule has 0 aromatic heterocycles. The molecule has 78 valence electrons. The molecular weight excluding hydrogens is 217 g/mol. The lowest BCUT2D eigenvalue weighted by Crippen LogP contribution is -2.26. The van der Waals surface area contributed by atoms with Crippen molar-refractivity contribution in [2.75, 3.05) is 0 Å². The average Bonchev–Trinajstić information content (AvgIpc) is 2.01. The van der Waals surface area contributed by atoms with E-state index >= 15 is 0 Å². The van der Waals surface area contributed by atoms with E-state index in [2.05, 4.69) is 0 Å². The minimum absolute atomic E-state index is 0. The van der Waals surface area contributed by atoms with Gasteiger partial charge in [0.25, 0.3) is 0 Å². The summed E-state index contributed by atoms with van der Waals surface area (Å²) < 4.78 is 0. The van der Waals surface area contributed by atoms with Gasteiger partial charge in [0.1, 0.15) is 0 Å². The van der Waals surface area contributed by atoms with Crippen molar-refractivity contribution < 1.29 is 0 Å². The van der Waals surface area contributed by atoms with Crippen molar-refractivity contribution in [3.05, 3.63) is 34.9 Å². The van der Waals surface area contributed by atoms with E-state index in [0.717, 1.165) is 10.6 Å². The van der Waals surface area contributed by atoms with Gasteiger partial charge in [-0.1, -0.05) is 36.2 Å². The maximum absolute atomic E-state index is 6.12. The Kier molecular flexibility index (Phi) is 4.24. The van der Waals surface area contributed by atoms with Crippen molar-refractivity contribution in [3.63, 3.8) is 0 Å². The molecule has 1 atom stereocenters. The van der Waals surface area contributed by atoms with Crippen LogP contribution >= 0.6 is 24.0 Å². The van der Waals surface area contributed by atoms with Crippen molar-refractivity contribution in [3.8, 4) is 0 Å². The predicted octanol–water partition coefficient (Wildman–Crippen LogP) is 3.56. The second-order valence-electron chi connectivity index (χ2n) is 3.74. The van der Waals surface area contributed by atoms with Crippen LogP contribution in [0.15, 0.2) is 24.3 Å². The first-order chi connectivity index (χ1) is 6.29. The highest BCUT2D eigenvalue weighted by molar-refractivity contribution is 6.31. The summed E-state index contributed by atoms with van der Waals surface area (Å²) >= 11 is 6.06. The summed E-state index contributed by atoms with van der Waals surface area (Å²) in [4.78, 5) is 0. The highest BCUT2D eigenvalue weighted by atomic mass is 35.5. The van der Waals surface area contributed by atoms with Gasteiger partial charge >= 0.3 is 0 Å².